The smallest absolute Gasteiger partial charge is 0.141 e. The zero-order valence-electron chi connectivity index (χ0n) is 12.4. The first-order valence-electron chi connectivity index (χ1n) is 6.79. The van der Waals surface area contributed by atoms with Crippen LogP contribution in [0.2, 0.25) is 0 Å². The van der Waals surface area contributed by atoms with Crippen molar-refractivity contribution in [2.45, 2.75) is 33.2 Å². The second kappa shape index (κ2) is 6.81. The Hall–Kier alpha value is -1.46. The van der Waals surface area contributed by atoms with Crippen molar-refractivity contribution in [3.05, 3.63) is 39.6 Å². The van der Waals surface area contributed by atoms with Crippen LogP contribution in [0, 0.1) is 13.8 Å². The Bertz CT molecular complexity index is 548. The van der Waals surface area contributed by atoms with Gasteiger partial charge in [-0.25, -0.2) is 4.98 Å². The van der Waals surface area contributed by atoms with Gasteiger partial charge in [0.1, 0.15) is 5.75 Å². The minimum atomic E-state index is 0.197. The predicted octanol–water partition coefficient (Wildman–Crippen LogP) is 3.06. The van der Waals surface area contributed by atoms with Gasteiger partial charge < -0.3 is 10.1 Å². The van der Waals surface area contributed by atoms with Gasteiger partial charge in [-0.15, -0.1) is 11.3 Å². The highest BCUT2D eigenvalue weighted by atomic mass is 32.1. The summed E-state index contributed by atoms with van der Waals surface area (Å²) in [6.07, 6.45) is 4.44. The molecule has 0 spiro atoms. The number of rotatable bonds is 6. The highest BCUT2D eigenvalue weighted by Crippen LogP contribution is 2.28. The van der Waals surface area contributed by atoms with Gasteiger partial charge in [-0.05, 0) is 26.5 Å². The molecule has 0 saturated heterocycles. The second-order valence-electron chi connectivity index (χ2n) is 4.68. The van der Waals surface area contributed by atoms with Crippen molar-refractivity contribution in [2.24, 2.45) is 0 Å². The Labute approximate surface area is 124 Å². The lowest BCUT2D eigenvalue weighted by atomic mass is 10.0. The molecule has 1 N–H and O–H groups in total. The van der Waals surface area contributed by atoms with Crippen LogP contribution in [-0.2, 0) is 6.42 Å². The van der Waals surface area contributed by atoms with Crippen LogP contribution in [0.15, 0.2) is 18.5 Å². The summed E-state index contributed by atoms with van der Waals surface area (Å²) in [4.78, 5) is 10.0. The number of methoxy groups -OCH3 is 1. The molecule has 4 nitrogen and oxygen atoms in total. The molecule has 2 aromatic heterocycles. The normalized spacial score (nSPS) is 12.4. The number of pyridine rings is 1. The molecule has 1 atom stereocenters. The molecule has 0 aliphatic carbocycles. The van der Waals surface area contributed by atoms with E-state index in [4.69, 9.17) is 4.74 Å². The van der Waals surface area contributed by atoms with Crippen LogP contribution in [-0.4, -0.2) is 23.6 Å². The van der Waals surface area contributed by atoms with E-state index in [2.05, 4.69) is 36.1 Å². The maximum atomic E-state index is 5.42. The zero-order chi connectivity index (χ0) is 14.5. The van der Waals surface area contributed by atoms with Crippen molar-refractivity contribution in [3.63, 3.8) is 0 Å². The molecule has 0 bridgehead atoms. The Balaban J connectivity index is 2.26. The van der Waals surface area contributed by atoms with Crippen molar-refractivity contribution in [2.75, 3.05) is 13.7 Å². The number of nitrogens with one attached hydrogen (secondary N) is 1. The fourth-order valence-corrected chi connectivity index (χ4v) is 3.17. The molecular weight excluding hydrogens is 270 g/mol. The molecule has 5 heteroatoms. The molecule has 0 radical (unpaired) electrons. The average Bonchev–Trinajstić information content (AvgIpc) is 2.77. The molecular formula is C15H21N3OS. The number of ether oxygens (including phenoxy) is 1. The van der Waals surface area contributed by atoms with Crippen LogP contribution in [0.25, 0.3) is 0 Å². The predicted molar refractivity (Wildman–Crippen MR) is 82.5 cm³/mol. The molecule has 2 rings (SSSR count). The first kappa shape index (κ1) is 14.9. The zero-order valence-corrected chi connectivity index (χ0v) is 13.3. The molecule has 2 heterocycles. The monoisotopic (exact) mass is 291 g/mol. The first-order chi connectivity index (χ1) is 9.65. The van der Waals surface area contributed by atoms with Gasteiger partial charge in [0, 0.05) is 29.1 Å². The topological polar surface area (TPSA) is 47.0 Å². The van der Waals surface area contributed by atoms with E-state index >= 15 is 0 Å². The van der Waals surface area contributed by atoms with Crippen molar-refractivity contribution in [1.29, 1.82) is 0 Å². The second-order valence-corrected chi connectivity index (χ2v) is 5.97. The first-order valence-corrected chi connectivity index (χ1v) is 7.61. The van der Waals surface area contributed by atoms with Gasteiger partial charge in [0.2, 0.25) is 0 Å². The van der Waals surface area contributed by atoms with Gasteiger partial charge in [0.05, 0.1) is 24.0 Å². The van der Waals surface area contributed by atoms with Crippen molar-refractivity contribution in [1.82, 2.24) is 15.3 Å². The standard InChI is InChI=1S/C15H21N3OS/c1-5-17-13(8-15-18-10(2)11(3)20-15)12-6-7-16-9-14(12)19-4/h6-7,9,13,17H,5,8H2,1-4H3. The molecule has 0 fully saturated rings. The lowest BCUT2D eigenvalue weighted by molar-refractivity contribution is 0.397. The van der Waals surface area contributed by atoms with Crippen LogP contribution in [0.1, 0.15) is 34.1 Å². The van der Waals surface area contributed by atoms with Crippen LogP contribution >= 0.6 is 11.3 Å². The number of likely N-dealkylation sites (N-methyl/N-ethyl adjacent to an activating group) is 1. The molecule has 0 amide bonds. The molecule has 0 aromatic carbocycles. The fraction of sp³-hybridized carbons (Fsp3) is 0.467. The minimum Gasteiger partial charge on any atom is -0.495 e. The Morgan fingerprint density at radius 1 is 1.40 bits per heavy atom. The third-order valence-electron chi connectivity index (χ3n) is 3.31. The fourth-order valence-electron chi connectivity index (χ4n) is 2.19. The van der Waals surface area contributed by atoms with E-state index in [0.29, 0.717) is 0 Å². The Morgan fingerprint density at radius 3 is 2.80 bits per heavy atom. The summed E-state index contributed by atoms with van der Waals surface area (Å²) < 4.78 is 5.42. The molecule has 0 aliphatic rings. The number of aromatic nitrogens is 2. The van der Waals surface area contributed by atoms with Gasteiger partial charge in [0.25, 0.3) is 0 Å². The Kier molecular flexibility index (Phi) is 5.09. The largest absolute Gasteiger partial charge is 0.495 e. The van der Waals surface area contributed by atoms with E-state index < -0.39 is 0 Å². The van der Waals surface area contributed by atoms with E-state index in [1.165, 1.54) is 4.88 Å². The van der Waals surface area contributed by atoms with Crippen LogP contribution < -0.4 is 10.1 Å². The lowest BCUT2D eigenvalue weighted by Gasteiger charge is -2.19. The number of aryl methyl sites for hydroxylation is 2. The molecule has 20 heavy (non-hydrogen) atoms. The van der Waals surface area contributed by atoms with E-state index in [9.17, 15) is 0 Å². The Morgan fingerprint density at radius 2 is 2.20 bits per heavy atom. The summed E-state index contributed by atoms with van der Waals surface area (Å²) in [5, 5.41) is 4.67. The summed E-state index contributed by atoms with van der Waals surface area (Å²) in [5.41, 5.74) is 2.26. The number of hydrogen-bond donors (Lipinski definition) is 1. The van der Waals surface area contributed by atoms with Gasteiger partial charge in [-0.1, -0.05) is 6.92 Å². The molecule has 0 aliphatic heterocycles. The molecule has 108 valence electrons. The van der Waals surface area contributed by atoms with Gasteiger partial charge >= 0.3 is 0 Å². The quantitative estimate of drug-likeness (QED) is 0.888. The summed E-state index contributed by atoms with van der Waals surface area (Å²) >= 11 is 1.77. The summed E-state index contributed by atoms with van der Waals surface area (Å²) in [6, 6.07) is 2.21. The minimum absolute atomic E-state index is 0.197. The maximum absolute atomic E-state index is 5.42. The number of thiazole rings is 1. The third kappa shape index (κ3) is 3.35. The van der Waals surface area contributed by atoms with E-state index in [-0.39, 0.29) is 6.04 Å². The van der Waals surface area contributed by atoms with Gasteiger partial charge in [-0.3, -0.25) is 4.98 Å². The van der Waals surface area contributed by atoms with E-state index in [1.54, 1.807) is 30.8 Å². The summed E-state index contributed by atoms with van der Waals surface area (Å²) in [7, 11) is 1.68. The van der Waals surface area contributed by atoms with E-state index in [1.807, 2.05) is 6.07 Å². The SMILES string of the molecule is CCNC(Cc1nc(C)c(C)s1)c1ccncc1OC. The van der Waals surface area contributed by atoms with Crippen molar-refractivity contribution < 1.29 is 4.74 Å². The summed E-state index contributed by atoms with van der Waals surface area (Å²) in [6.45, 7) is 7.19. The van der Waals surface area contributed by atoms with Crippen LogP contribution in [0.3, 0.4) is 0 Å². The highest BCUT2D eigenvalue weighted by Gasteiger charge is 2.18. The lowest BCUT2D eigenvalue weighted by Crippen LogP contribution is -2.23. The maximum Gasteiger partial charge on any atom is 0.141 e. The number of nitrogens with zero attached hydrogens (tertiary/aromatic N) is 2. The summed E-state index contributed by atoms with van der Waals surface area (Å²) in [5.74, 6) is 0.823. The van der Waals surface area contributed by atoms with Gasteiger partial charge in [0.15, 0.2) is 0 Å². The van der Waals surface area contributed by atoms with Crippen LogP contribution in [0.5, 0.6) is 5.75 Å². The third-order valence-corrected chi connectivity index (χ3v) is 4.41. The molecule has 1 unspecified atom stereocenters. The number of hydrogen-bond acceptors (Lipinski definition) is 5. The average molecular weight is 291 g/mol. The van der Waals surface area contributed by atoms with Crippen LogP contribution in [0.4, 0.5) is 0 Å². The highest BCUT2D eigenvalue weighted by molar-refractivity contribution is 7.11. The molecule has 2 aromatic rings. The van der Waals surface area contributed by atoms with Crippen molar-refractivity contribution >= 4 is 11.3 Å². The van der Waals surface area contributed by atoms with Crippen molar-refractivity contribution in [3.8, 4) is 5.75 Å². The van der Waals surface area contributed by atoms with Gasteiger partial charge in [-0.2, -0.15) is 0 Å². The van der Waals surface area contributed by atoms with E-state index in [0.717, 1.165) is 35.0 Å². The molecule has 0 saturated carbocycles.